The van der Waals surface area contributed by atoms with Gasteiger partial charge in [-0.25, -0.2) is 13.1 Å². The van der Waals surface area contributed by atoms with Gasteiger partial charge in [-0.2, -0.15) is 0 Å². The maximum atomic E-state index is 11.1. The Morgan fingerprint density at radius 2 is 1.86 bits per heavy atom. The van der Waals surface area contributed by atoms with Crippen molar-refractivity contribution in [3.05, 3.63) is 0 Å². The second-order valence-corrected chi connectivity index (χ2v) is 8.00. The van der Waals surface area contributed by atoms with E-state index in [4.69, 9.17) is 0 Å². The fraction of sp³-hybridized carbons (Fsp3) is 1.00. The van der Waals surface area contributed by atoms with Crippen LogP contribution in [0, 0.1) is 5.41 Å². The highest BCUT2D eigenvalue weighted by molar-refractivity contribution is 9.09. The summed E-state index contributed by atoms with van der Waals surface area (Å²) in [6.45, 7) is 8.50. The highest BCUT2D eigenvalue weighted by Crippen LogP contribution is 2.24. The van der Waals surface area contributed by atoms with Gasteiger partial charge in [-0.15, -0.1) is 0 Å². The molecule has 0 heterocycles. The van der Waals surface area contributed by atoms with Crippen LogP contribution in [-0.4, -0.2) is 25.5 Å². The lowest BCUT2D eigenvalue weighted by atomic mass is 9.91. The Kier molecular flexibility index (Phi) is 5.62. The van der Waals surface area contributed by atoms with Gasteiger partial charge in [0.1, 0.15) is 0 Å². The van der Waals surface area contributed by atoms with E-state index in [1.807, 2.05) is 0 Å². The van der Waals surface area contributed by atoms with Gasteiger partial charge in [-0.3, -0.25) is 0 Å². The number of sulfonamides is 1. The molecule has 0 aromatic carbocycles. The van der Waals surface area contributed by atoms with E-state index in [0.29, 0.717) is 6.54 Å². The van der Waals surface area contributed by atoms with E-state index in [1.54, 1.807) is 6.92 Å². The second-order valence-electron chi connectivity index (χ2n) is 4.61. The van der Waals surface area contributed by atoms with Gasteiger partial charge in [0.15, 0.2) is 0 Å². The van der Waals surface area contributed by atoms with Crippen LogP contribution in [0.1, 0.15) is 34.1 Å². The monoisotopic (exact) mass is 285 g/mol. The van der Waals surface area contributed by atoms with E-state index in [-0.39, 0.29) is 16.0 Å². The minimum absolute atomic E-state index is 0.141. The number of rotatable bonds is 5. The van der Waals surface area contributed by atoms with Crippen molar-refractivity contribution in [3.63, 3.8) is 0 Å². The molecule has 86 valence electrons. The minimum Gasteiger partial charge on any atom is -0.214 e. The van der Waals surface area contributed by atoms with E-state index in [0.717, 1.165) is 6.42 Å². The van der Waals surface area contributed by atoms with Crippen molar-refractivity contribution in [1.29, 1.82) is 0 Å². The predicted octanol–water partition coefficient (Wildman–Crippen LogP) is 2.13. The Hall–Kier alpha value is 0.390. The second kappa shape index (κ2) is 5.47. The Balaban J connectivity index is 3.93. The fourth-order valence-corrected chi connectivity index (χ4v) is 3.06. The third-order valence-electron chi connectivity index (χ3n) is 1.74. The first-order valence-corrected chi connectivity index (χ1v) is 7.34. The van der Waals surface area contributed by atoms with Gasteiger partial charge in [0.2, 0.25) is 10.0 Å². The van der Waals surface area contributed by atoms with Gasteiger partial charge in [0, 0.05) is 11.4 Å². The third-order valence-corrected chi connectivity index (χ3v) is 3.75. The van der Waals surface area contributed by atoms with Crippen molar-refractivity contribution in [2.45, 2.75) is 38.9 Å². The summed E-state index contributed by atoms with van der Waals surface area (Å²) in [5.41, 5.74) is 0.214. The first-order chi connectivity index (χ1) is 6.16. The standard InChI is InChI=1S/C9H20BrNO2S/c1-5-14(12,13)11-7-8(10)6-9(2,3)4/h8,11H,5-7H2,1-4H3. The lowest BCUT2D eigenvalue weighted by Crippen LogP contribution is -2.32. The molecular weight excluding hydrogens is 266 g/mol. The van der Waals surface area contributed by atoms with E-state index in [1.165, 1.54) is 0 Å². The van der Waals surface area contributed by atoms with Crippen LogP contribution in [0.3, 0.4) is 0 Å². The Morgan fingerprint density at radius 1 is 1.36 bits per heavy atom. The zero-order chi connectivity index (χ0) is 11.4. The molecule has 0 rings (SSSR count). The van der Waals surface area contributed by atoms with Crippen molar-refractivity contribution >= 4 is 26.0 Å². The Bertz CT molecular complexity index is 256. The van der Waals surface area contributed by atoms with Gasteiger partial charge >= 0.3 is 0 Å². The highest BCUT2D eigenvalue weighted by atomic mass is 79.9. The number of hydrogen-bond donors (Lipinski definition) is 1. The largest absolute Gasteiger partial charge is 0.214 e. The fourth-order valence-electron chi connectivity index (χ4n) is 1.06. The minimum atomic E-state index is -3.05. The molecule has 3 nitrogen and oxygen atoms in total. The van der Waals surface area contributed by atoms with Crippen LogP contribution < -0.4 is 4.72 Å². The average Bonchev–Trinajstić information content (AvgIpc) is 1.98. The molecule has 1 atom stereocenters. The summed E-state index contributed by atoms with van der Waals surface area (Å²) in [4.78, 5) is 0.198. The molecule has 14 heavy (non-hydrogen) atoms. The molecule has 0 aliphatic rings. The number of halogens is 1. The summed E-state index contributed by atoms with van der Waals surface area (Å²) in [5, 5.41) is 0. The molecule has 1 N–H and O–H groups in total. The van der Waals surface area contributed by atoms with Crippen LogP contribution in [-0.2, 0) is 10.0 Å². The molecule has 0 radical (unpaired) electrons. The zero-order valence-electron chi connectivity index (χ0n) is 9.30. The molecule has 5 heteroatoms. The molecule has 1 unspecified atom stereocenters. The van der Waals surface area contributed by atoms with Gasteiger partial charge in [-0.05, 0) is 18.8 Å². The van der Waals surface area contributed by atoms with Crippen molar-refractivity contribution in [2.75, 3.05) is 12.3 Å². The molecule has 0 aromatic rings. The predicted molar refractivity (Wildman–Crippen MR) is 64.3 cm³/mol. The quantitative estimate of drug-likeness (QED) is 0.787. The van der Waals surface area contributed by atoms with Gasteiger partial charge in [0.25, 0.3) is 0 Å². The molecule has 0 amide bonds. The topological polar surface area (TPSA) is 46.2 Å². The molecule has 0 aliphatic carbocycles. The highest BCUT2D eigenvalue weighted by Gasteiger charge is 2.17. The molecule has 0 bridgehead atoms. The Labute approximate surface area is 95.8 Å². The number of hydrogen-bond acceptors (Lipinski definition) is 2. The van der Waals surface area contributed by atoms with E-state index in [9.17, 15) is 8.42 Å². The SMILES string of the molecule is CCS(=O)(=O)NCC(Br)CC(C)(C)C. The van der Waals surface area contributed by atoms with Gasteiger partial charge in [0.05, 0.1) is 5.75 Å². The lowest BCUT2D eigenvalue weighted by molar-refractivity contribution is 0.373. The molecule has 0 fully saturated rings. The smallest absolute Gasteiger partial charge is 0.211 e. The zero-order valence-corrected chi connectivity index (χ0v) is 11.7. The van der Waals surface area contributed by atoms with Crippen molar-refractivity contribution < 1.29 is 8.42 Å². The number of alkyl halides is 1. The van der Waals surface area contributed by atoms with Gasteiger partial charge in [-0.1, -0.05) is 36.7 Å². The van der Waals surface area contributed by atoms with Crippen LogP contribution >= 0.6 is 15.9 Å². The van der Waals surface area contributed by atoms with Crippen molar-refractivity contribution in [1.82, 2.24) is 4.72 Å². The lowest BCUT2D eigenvalue weighted by Gasteiger charge is -2.22. The summed E-state index contributed by atoms with van der Waals surface area (Å²) < 4.78 is 24.8. The summed E-state index contributed by atoms with van der Waals surface area (Å²) in [7, 11) is -3.05. The molecular formula is C9H20BrNO2S. The summed E-state index contributed by atoms with van der Waals surface area (Å²) >= 11 is 3.47. The summed E-state index contributed by atoms with van der Waals surface area (Å²) in [6, 6.07) is 0. The first-order valence-electron chi connectivity index (χ1n) is 4.78. The van der Waals surface area contributed by atoms with Crippen LogP contribution in [0.25, 0.3) is 0 Å². The third kappa shape index (κ3) is 7.76. The van der Waals surface area contributed by atoms with Crippen molar-refractivity contribution in [3.8, 4) is 0 Å². The molecule has 0 saturated carbocycles. The van der Waals surface area contributed by atoms with Crippen LogP contribution in [0.2, 0.25) is 0 Å². The molecule has 0 aromatic heterocycles. The van der Waals surface area contributed by atoms with Crippen LogP contribution in [0.4, 0.5) is 0 Å². The average molecular weight is 286 g/mol. The van der Waals surface area contributed by atoms with Gasteiger partial charge < -0.3 is 0 Å². The first kappa shape index (κ1) is 14.4. The molecule has 0 aliphatic heterocycles. The van der Waals surface area contributed by atoms with Crippen LogP contribution in [0.15, 0.2) is 0 Å². The summed E-state index contributed by atoms with van der Waals surface area (Å²) in [6.07, 6.45) is 0.944. The molecule has 0 saturated heterocycles. The normalized spacial score (nSPS) is 15.5. The van der Waals surface area contributed by atoms with Crippen LogP contribution in [0.5, 0.6) is 0 Å². The van der Waals surface area contributed by atoms with Crippen molar-refractivity contribution in [2.24, 2.45) is 5.41 Å². The molecule has 0 spiro atoms. The van der Waals surface area contributed by atoms with E-state index < -0.39 is 10.0 Å². The summed E-state index contributed by atoms with van der Waals surface area (Å²) in [5.74, 6) is 0.141. The van der Waals surface area contributed by atoms with E-state index in [2.05, 4.69) is 41.4 Å². The maximum absolute atomic E-state index is 11.1. The number of nitrogens with one attached hydrogen (secondary N) is 1. The Morgan fingerprint density at radius 3 is 2.21 bits per heavy atom. The van der Waals surface area contributed by atoms with E-state index >= 15 is 0 Å². The maximum Gasteiger partial charge on any atom is 0.211 e.